The number of imide groups is 1. The van der Waals surface area contributed by atoms with Gasteiger partial charge in [0.2, 0.25) is 0 Å². The first-order valence-corrected chi connectivity index (χ1v) is 8.10. The average molecular weight is 298 g/mol. The highest BCUT2D eigenvalue weighted by Gasteiger charge is 2.47. The molecule has 0 aliphatic carbocycles. The maximum Gasteiger partial charge on any atom is 0.327 e. The lowest BCUT2D eigenvalue weighted by molar-refractivity contribution is -1.01. The van der Waals surface area contributed by atoms with E-state index < -0.39 is 0 Å². The van der Waals surface area contributed by atoms with Gasteiger partial charge < -0.3 is 19.8 Å². The van der Waals surface area contributed by atoms with E-state index in [-0.39, 0.29) is 24.6 Å². The molecule has 3 rings (SSSR count). The first-order valence-electron chi connectivity index (χ1n) is 8.10. The van der Waals surface area contributed by atoms with Crippen LogP contribution < -0.4 is 9.80 Å². The summed E-state index contributed by atoms with van der Waals surface area (Å²) in [7, 11) is 0. The molecule has 0 radical (unpaired) electrons. The van der Waals surface area contributed by atoms with E-state index in [4.69, 9.17) is 5.11 Å². The van der Waals surface area contributed by atoms with Crippen LogP contribution in [0.15, 0.2) is 0 Å². The largest absolute Gasteiger partial charge is 0.391 e. The molecule has 1 atom stereocenters. The van der Waals surface area contributed by atoms with Crippen molar-refractivity contribution in [3.63, 3.8) is 0 Å². The number of nitrogens with zero attached hydrogens (tertiary/aromatic N) is 2. The average Bonchev–Trinajstić information content (AvgIpc) is 3.05. The number of fused-ring (bicyclic) bond motifs is 1. The van der Waals surface area contributed by atoms with Crippen molar-refractivity contribution in [2.24, 2.45) is 0 Å². The predicted molar refractivity (Wildman–Crippen MR) is 75.1 cm³/mol. The minimum absolute atomic E-state index is 0.0152. The van der Waals surface area contributed by atoms with Crippen molar-refractivity contribution in [3.8, 4) is 0 Å². The fourth-order valence-electron chi connectivity index (χ4n) is 3.77. The zero-order chi connectivity index (χ0) is 14.8. The van der Waals surface area contributed by atoms with Crippen LogP contribution >= 0.6 is 0 Å². The van der Waals surface area contributed by atoms with Crippen LogP contribution in [0, 0.1) is 0 Å². The van der Waals surface area contributed by atoms with Crippen molar-refractivity contribution in [1.29, 1.82) is 0 Å². The van der Waals surface area contributed by atoms with E-state index in [2.05, 4.69) is 0 Å². The number of piperazine rings is 1. The lowest BCUT2D eigenvalue weighted by Crippen LogP contribution is -3.28. The van der Waals surface area contributed by atoms with Crippen molar-refractivity contribution in [1.82, 2.24) is 9.80 Å². The topological polar surface area (TPSA) is 69.7 Å². The number of carbonyl (C=O) groups excluding carboxylic acids is 2. The third-order valence-corrected chi connectivity index (χ3v) is 5.10. The van der Waals surface area contributed by atoms with Gasteiger partial charge in [-0.05, 0) is 12.8 Å². The van der Waals surface area contributed by atoms with E-state index in [0.29, 0.717) is 6.54 Å². The van der Waals surface area contributed by atoms with Crippen molar-refractivity contribution >= 4 is 11.9 Å². The Bertz CT molecular complexity index is 387. The third kappa shape index (κ3) is 2.90. The monoisotopic (exact) mass is 298 g/mol. The fraction of sp³-hybridized carbons (Fsp3) is 0.857. The van der Waals surface area contributed by atoms with Gasteiger partial charge in [-0.25, -0.2) is 4.79 Å². The minimum atomic E-state index is -0.168. The molecule has 21 heavy (non-hydrogen) atoms. The van der Waals surface area contributed by atoms with Gasteiger partial charge in [-0.3, -0.25) is 9.69 Å². The standard InChI is InChI=1S/C14H24N4O3/c19-11-10-16-6-4-15(5-7-16)8-9-18-13(20)12-2-1-3-17(12)14(18)21/h12,19H,1-11H2/p+2/t12-/m1/s1. The number of rotatable bonds is 5. The number of urea groups is 1. The first kappa shape index (κ1) is 14.7. The second-order valence-electron chi connectivity index (χ2n) is 6.35. The van der Waals surface area contributed by atoms with Crippen molar-refractivity contribution < 1.29 is 24.5 Å². The lowest BCUT2D eigenvalue weighted by atomic mass is 10.2. The number of amides is 3. The van der Waals surface area contributed by atoms with Gasteiger partial charge in [-0.15, -0.1) is 0 Å². The summed E-state index contributed by atoms with van der Waals surface area (Å²) in [6.45, 7) is 7.45. The summed E-state index contributed by atoms with van der Waals surface area (Å²) in [4.78, 5) is 30.5. The van der Waals surface area contributed by atoms with Crippen molar-refractivity contribution in [3.05, 3.63) is 0 Å². The second kappa shape index (κ2) is 6.29. The van der Waals surface area contributed by atoms with Crippen LogP contribution in [0.25, 0.3) is 0 Å². The molecular formula is C14H26N4O3+2. The van der Waals surface area contributed by atoms with Crippen LogP contribution in [-0.2, 0) is 4.79 Å². The van der Waals surface area contributed by atoms with Gasteiger partial charge in [0, 0.05) is 6.54 Å². The summed E-state index contributed by atoms with van der Waals surface area (Å²) in [6.07, 6.45) is 1.79. The van der Waals surface area contributed by atoms with Crippen LogP contribution in [0.2, 0.25) is 0 Å². The number of hydrogen-bond donors (Lipinski definition) is 3. The number of nitrogens with one attached hydrogen (secondary N) is 2. The molecule has 3 heterocycles. The van der Waals surface area contributed by atoms with E-state index in [1.165, 1.54) is 14.7 Å². The lowest BCUT2D eigenvalue weighted by Gasteiger charge is -2.30. The van der Waals surface area contributed by atoms with E-state index in [1.54, 1.807) is 4.90 Å². The molecule has 3 N–H and O–H groups in total. The van der Waals surface area contributed by atoms with Crippen LogP contribution in [0.1, 0.15) is 12.8 Å². The summed E-state index contributed by atoms with van der Waals surface area (Å²) < 4.78 is 0. The molecule has 0 aromatic heterocycles. The summed E-state index contributed by atoms with van der Waals surface area (Å²) in [5.74, 6) is 0.0152. The Morgan fingerprint density at radius 1 is 1.10 bits per heavy atom. The highest BCUT2D eigenvalue weighted by atomic mass is 16.3. The molecule has 0 saturated carbocycles. The molecule has 0 aromatic rings. The molecule has 0 aromatic carbocycles. The van der Waals surface area contributed by atoms with E-state index in [9.17, 15) is 9.59 Å². The molecule has 0 bridgehead atoms. The van der Waals surface area contributed by atoms with Crippen LogP contribution in [0.4, 0.5) is 4.79 Å². The number of hydrogen-bond acceptors (Lipinski definition) is 3. The number of aliphatic hydroxyl groups excluding tert-OH is 1. The van der Waals surface area contributed by atoms with Gasteiger partial charge in [0.25, 0.3) is 5.91 Å². The molecule has 3 aliphatic heterocycles. The minimum Gasteiger partial charge on any atom is -0.391 e. The number of quaternary nitrogens is 2. The Balaban J connectivity index is 1.46. The molecule has 3 amide bonds. The van der Waals surface area contributed by atoms with Gasteiger partial charge in [-0.1, -0.05) is 0 Å². The van der Waals surface area contributed by atoms with Gasteiger partial charge in [-0.2, -0.15) is 0 Å². The van der Waals surface area contributed by atoms with Gasteiger partial charge in [0.1, 0.15) is 38.8 Å². The highest BCUT2D eigenvalue weighted by Crippen LogP contribution is 2.26. The Hall–Kier alpha value is -1.18. The molecule has 0 unspecified atom stereocenters. The normalized spacial score (nSPS) is 32.9. The maximum atomic E-state index is 12.2. The van der Waals surface area contributed by atoms with Gasteiger partial charge in [0.15, 0.2) is 0 Å². The Labute approximate surface area is 125 Å². The summed E-state index contributed by atoms with van der Waals surface area (Å²) >= 11 is 0. The number of aliphatic hydroxyl groups is 1. The Morgan fingerprint density at radius 2 is 1.76 bits per heavy atom. The van der Waals surface area contributed by atoms with Crippen LogP contribution in [0.5, 0.6) is 0 Å². The van der Waals surface area contributed by atoms with Gasteiger partial charge in [0.05, 0.1) is 19.7 Å². The van der Waals surface area contributed by atoms with Gasteiger partial charge >= 0.3 is 6.03 Å². The highest BCUT2D eigenvalue weighted by molar-refractivity contribution is 6.04. The molecule has 3 fully saturated rings. The molecule has 3 saturated heterocycles. The van der Waals surface area contributed by atoms with Crippen LogP contribution in [0.3, 0.4) is 0 Å². The zero-order valence-corrected chi connectivity index (χ0v) is 12.5. The van der Waals surface area contributed by atoms with Crippen molar-refractivity contribution in [2.45, 2.75) is 18.9 Å². The maximum absolute atomic E-state index is 12.2. The summed E-state index contributed by atoms with van der Waals surface area (Å²) in [5, 5.41) is 8.95. The summed E-state index contributed by atoms with van der Waals surface area (Å²) in [5.41, 5.74) is 0. The Kier molecular flexibility index (Phi) is 4.42. The first-order chi connectivity index (χ1) is 10.2. The smallest absolute Gasteiger partial charge is 0.327 e. The Morgan fingerprint density at radius 3 is 2.38 bits per heavy atom. The van der Waals surface area contributed by atoms with E-state index >= 15 is 0 Å². The zero-order valence-electron chi connectivity index (χ0n) is 12.5. The number of carbonyl (C=O) groups is 2. The molecule has 7 heteroatoms. The summed E-state index contributed by atoms with van der Waals surface area (Å²) in [6, 6.07) is -0.246. The molecule has 0 spiro atoms. The van der Waals surface area contributed by atoms with E-state index in [0.717, 1.165) is 58.7 Å². The quantitative estimate of drug-likeness (QED) is 0.456. The third-order valence-electron chi connectivity index (χ3n) is 5.10. The van der Waals surface area contributed by atoms with Crippen molar-refractivity contribution in [2.75, 3.05) is 59.0 Å². The van der Waals surface area contributed by atoms with Crippen LogP contribution in [-0.4, -0.2) is 91.9 Å². The SMILES string of the molecule is O=C1[C@H]2CCCN2C(=O)N1CC[NH+]1CC[NH+](CCO)CC1. The molecule has 3 aliphatic rings. The molecule has 118 valence electrons. The fourth-order valence-corrected chi connectivity index (χ4v) is 3.77. The predicted octanol–water partition coefficient (Wildman–Crippen LogP) is -3.81. The second-order valence-corrected chi connectivity index (χ2v) is 6.35. The van der Waals surface area contributed by atoms with E-state index in [1.807, 2.05) is 0 Å². The molecular weight excluding hydrogens is 272 g/mol. The molecule has 7 nitrogen and oxygen atoms in total.